The molecule has 0 N–H and O–H groups in total. The number of benzene rings is 3. The first-order chi connectivity index (χ1) is 16.4. The van der Waals surface area contributed by atoms with Crippen LogP contribution < -0.4 is 10.3 Å². The summed E-state index contributed by atoms with van der Waals surface area (Å²) in [6.45, 7) is 6.11. The number of nitrogens with zero attached hydrogens (tertiary/aromatic N) is 2. The molecular formula is C30H26N2O2. The largest absolute Gasteiger partial charge is 0.460 e. The van der Waals surface area contributed by atoms with E-state index < -0.39 is 0 Å². The van der Waals surface area contributed by atoms with E-state index in [1.807, 2.05) is 75.5 Å². The average Bonchev–Trinajstić information content (AvgIpc) is 2.85. The number of hydrogen-bond donors (Lipinski definition) is 0. The lowest BCUT2D eigenvalue weighted by molar-refractivity contribution is 0.404. The van der Waals surface area contributed by atoms with Crippen LogP contribution in [0.4, 0.5) is 17.1 Å². The smallest absolute Gasteiger partial charge is 0.185 e. The predicted molar refractivity (Wildman–Crippen MR) is 139 cm³/mol. The van der Waals surface area contributed by atoms with Gasteiger partial charge in [0.15, 0.2) is 5.43 Å². The molecule has 34 heavy (non-hydrogen) atoms. The second kappa shape index (κ2) is 8.64. The van der Waals surface area contributed by atoms with Crippen molar-refractivity contribution in [3.05, 3.63) is 119 Å². The topological polar surface area (TPSA) is 46.3 Å². The van der Waals surface area contributed by atoms with E-state index in [2.05, 4.69) is 46.3 Å². The summed E-state index contributed by atoms with van der Waals surface area (Å²) in [5.74, 6) is 1.25. The summed E-state index contributed by atoms with van der Waals surface area (Å²) in [7, 11) is 0. The Morgan fingerprint density at radius 3 is 2.24 bits per heavy atom. The maximum absolute atomic E-state index is 12.3. The Morgan fingerprint density at radius 1 is 0.765 bits per heavy atom. The second-order valence-electron chi connectivity index (χ2n) is 9.34. The van der Waals surface area contributed by atoms with Crippen molar-refractivity contribution < 1.29 is 4.42 Å². The molecule has 0 saturated carbocycles. The van der Waals surface area contributed by atoms with Gasteiger partial charge in [-0.15, -0.1) is 0 Å². The monoisotopic (exact) mass is 446 g/mol. The van der Waals surface area contributed by atoms with Gasteiger partial charge in [0.25, 0.3) is 0 Å². The van der Waals surface area contributed by atoms with Crippen LogP contribution in [0.3, 0.4) is 0 Å². The number of hydrogen-bond acceptors (Lipinski definition) is 4. The van der Waals surface area contributed by atoms with Gasteiger partial charge >= 0.3 is 0 Å². The molecule has 2 aromatic heterocycles. The maximum atomic E-state index is 12.3. The lowest BCUT2D eigenvalue weighted by Gasteiger charge is -2.26. The standard InChI is InChI=1S/C30H26N2O2/c1-30(2,3)29-20-24(33)19-28(34-29)21-14-16-23(17-15-21)32(22-9-5-4-6-10-22)27-13-7-12-26-25(27)11-8-18-31-26/h4-20H,1-3H3. The summed E-state index contributed by atoms with van der Waals surface area (Å²) in [5, 5.41) is 1.07. The molecule has 0 bridgehead atoms. The van der Waals surface area contributed by atoms with Crippen LogP contribution >= 0.6 is 0 Å². The van der Waals surface area contributed by atoms with Crippen molar-refractivity contribution in [2.45, 2.75) is 26.2 Å². The van der Waals surface area contributed by atoms with E-state index in [1.54, 1.807) is 12.1 Å². The predicted octanol–water partition coefficient (Wildman–Crippen LogP) is 7.62. The molecule has 0 aliphatic carbocycles. The highest BCUT2D eigenvalue weighted by Gasteiger charge is 2.19. The Bertz CT molecular complexity index is 1490. The van der Waals surface area contributed by atoms with Gasteiger partial charge in [-0.25, -0.2) is 0 Å². The first-order valence-electron chi connectivity index (χ1n) is 11.4. The van der Waals surface area contributed by atoms with Crippen molar-refractivity contribution >= 4 is 28.0 Å². The third-order valence-corrected chi connectivity index (χ3v) is 5.79. The van der Waals surface area contributed by atoms with Crippen LogP contribution in [0.15, 0.2) is 112 Å². The van der Waals surface area contributed by atoms with Gasteiger partial charge in [0.05, 0.1) is 11.2 Å². The van der Waals surface area contributed by atoms with Crippen molar-refractivity contribution in [2.75, 3.05) is 4.90 Å². The number of para-hydroxylation sites is 1. The zero-order chi connectivity index (χ0) is 23.7. The summed E-state index contributed by atoms with van der Waals surface area (Å²) >= 11 is 0. The number of anilines is 3. The molecule has 0 amide bonds. The van der Waals surface area contributed by atoms with E-state index in [4.69, 9.17) is 4.42 Å². The molecular weight excluding hydrogens is 420 g/mol. The van der Waals surface area contributed by atoms with Crippen molar-refractivity contribution in [3.8, 4) is 11.3 Å². The Hall–Kier alpha value is -4.18. The molecule has 168 valence electrons. The Kier molecular flexibility index (Phi) is 5.50. The van der Waals surface area contributed by atoms with Crippen LogP contribution in [0.25, 0.3) is 22.2 Å². The molecule has 0 aliphatic heterocycles. The van der Waals surface area contributed by atoms with E-state index in [9.17, 15) is 4.79 Å². The zero-order valence-electron chi connectivity index (χ0n) is 19.5. The van der Waals surface area contributed by atoms with Gasteiger partial charge in [-0.05, 0) is 60.7 Å². The van der Waals surface area contributed by atoms with Gasteiger partial charge in [0.2, 0.25) is 0 Å². The molecule has 0 unspecified atom stereocenters. The molecule has 0 fully saturated rings. The number of aromatic nitrogens is 1. The Morgan fingerprint density at radius 2 is 1.50 bits per heavy atom. The SMILES string of the molecule is CC(C)(C)c1cc(=O)cc(-c2ccc(N(c3ccccc3)c3cccc4ncccc34)cc2)o1. The van der Waals surface area contributed by atoms with Crippen LogP contribution in [-0.2, 0) is 5.41 Å². The molecule has 3 aromatic carbocycles. The minimum atomic E-state index is -0.248. The molecule has 0 spiro atoms. The third-order valence-electron chi connectivity index (χ3n) is 5.79. The molecule has 4 heteroatoms. The maximum Gasteiger partial charge on any atom is 0.185 e. The highest BCUT2D eigenvalue weighted by molar-refractivity contribution is 5.97. The van der Waals surface area contributed by atoms with Crippen LogP contribution in [0.1, 0.15) is 26.5 Å². The molecule has 0 aliphatic rings. The van der Waals surface area contributed by atoms with Gasteiger partial charge in [-0.2, -0.15) is 0 Å². The molecule has 0 saturated heterocycles. The summed E-state index contributed by atoms with van der Waals surface area (Å²) in [6, 6.07) is 31.7. The van der Waals surface area contributed by atoms with E-state index in [1.165, 1.54) is 0 Å². The van der Waals surface area contributed by atoms with Crippen molar-refractivity contribution in [3.63, 3.8) is 0 Å². The Labute approximate surface area is 199 Å². The number of pyridine rings is 1. The van der Waals surface area contributed by atoms with Crippen molar-refractivity contribution in [1.29, 1.82) is 0 Å². The van der Waals surface area contributed by atoms with Crippen LogP contribution in [0.2, 0.25) is 0 Å². The van der Waals surface area contributed by atoms with Gasteiger partial charge in [-0.1, -0.05) is 45.0 Å². The Balaban J connectivity index is 1.62. The fourth-order valence-electron chi connectivity index (χ4n) is 4.05. The summed E-state index contributed by atoms with van der Waals surface area (Å²) in [5.41, 5.74) is 4.60. The third kappa shape index (κ3) is 4.23. The average molecular weight is 447 g/mol. The zero-order valence-corrected chi connectivity index (χ0v) is 19.5. The van der Waals surface area contributed by atoms with Crippen LogP contribution in [0, 0.1) is 0 Å². The summed E-state index contributed by atoms with van der Waals surface area (Å²) < 4.78 is 6.11. The minimum absolute atomic E-state index is 0.0515. The summed E-state index contributed by atoms with van der Waals surface area (Å²) in [4.78, 5) is 19.1. The second-order valence-corrected chi connectivity index (χ2v) is 9.34. The number of fused-ring (bicyclic) bond motifs is 1. The lowest BCUT2D eigenvalue weighted by Crippen LogP contribution is -2.14. The highest BCUT2D eigenvalue weighted by atomic mass is 16.3. The highest BCUT2D eigenvalue weighted by Crippen LogP contribution is 2.39. The van der Waals surface area contributed by atoms with Crippen molar-refractivity contribution in [2.24, 2.45) is 0 Å². The van der Waals surface area contributed by atoms with E-state index in [-0.39, 0.29) is 10.8 Å². The van der Waals surface area contributed by atoms with Crippen LogP contribution in [0.5, 0.6) is 0 Å². The van der Waals surface area contributed by atoms with Gasteiger partial charge in [-0.3, -0.25) is 9.78 Å². The quantitative estimate of drug-likeness (QED) is 0.285. The molecule has 2 heterocycles. The molecule has 0 atom stereocenters. The lowest BCUT2D eigenvalue weighted by atomic mass is 9.93. The fraction of sp³-hybridized carbons (Fsp3) is 0.133. The molecule has 5 rings (SSSR count). The molecule has 4 nitrogen and oxygen atoms in total. The van der Waals surface area contributed by atoms with Gasteiger partial charge in [0.1, 0.15) is 11.5 Å². The minimum Gasteiger partial charge on any atom is -0.460 e. The molecule has 5 aromatic rings. The molecule has 0 radical (unpaired) electrons. The van der Waals surface area contributed by atoms with Crippen molar-refractivity contribution in [1.82, 2.24) is 4.98 Å². The normalized spacial score (nSPS) is 11.5. The van der Waals surface area contributed by atoms with Gasteiger partial charge < -0.3 is 9.32 Å². The van der Waals surface area contributed by atoms with Crippen LogP contribution in [-0.4, -0.2) is 4.98 Å². The van der Waals surface area contributed by atoms with Gasteiger partial charge in [0, 0.05) is 46.1 Å². The summed E-state index contributed by atoms with van der Waals surface area (Å²) in [6.07, 6.45) is 1.81. The first-order valence-corrected chi connectivity index (χ1v) is 11.4. The van der Waals surface area contributed by atoms with E-state index in [0.717, 1.165) is 33.5 Å². The van der Waals surface area contributed by atoms with E-state index in [0.29, 0.717) is 11.5 Å². The van der Waals surface area contributed by atoms with E-state index >= 15 is 0 Å². The first kappa shape index (κ1) is 21.7. The number of rotatable bonds is 4. The fourth-order valence-corrected chi connectivity index (χ4v) is 4.05.